The zero-order chi connectivity index (χ0) is 12.5. The summed E-state index contributed by atoms with van der Waals surface area (Å²) in [6, 6.07) is 4.39. The number of amides is 1. The molecule has 1 amide bonds. The van der Waals surface area contributed by atoms with Gasteiger partial charge in [-0.05, 0) is 49.7 Å². The van der Waals surface area contributed by atoms with Crippen molar-refractivity contribution in [1.29, 1.82) is 0 Å². The minimum atomic E-state index is -0.131. The highest BCUT2D eigenvalue weighted by Gasteiger charge is 2.41. The van der Waals surface area contributed by atoms with Gasteiger partial charge in [-0.3, -0.25) is 9.78 Å². The number of carbonyl (C=O) groups excluding carboxylic acids is 1. The highest BCUT2D eigenvalue weighted by atomic mass is 16.1. The lowest BCUT2D eigenvalue weighted by Crippen LogP contribution is -2.25. The molecule has 0 bridgehead atoms. The van der Waals surface area contributed by atoms with Crippen molar-refractivity contribution in [2.24, 2.45) is 11.8 Å². The van der Waals surface area contributed by atoms with Gasteiger partial charge in [0.25, 0.3) is 5.91 Å². The molecule has 4 nitrogen and oxygen atoms in total. The Morgan fingerprint density at radius 3 is 2.56 bits per heavy atom. The van der Waals surface area contributed by atoms with Crippen LogP contribution in [-0.2, 0) is 0 Å². The fraction of sp³-hybridized carbons (Fsp3) is 0.571. The molecule has 3 rings (SSSR count). The highest BCUT2D eigenvalue weighted by Crippen LogP contribution is 2.45. The van der Waals surface area contributed by atoms with Crippen molar-refractivity contribution in [2.75, 3.05) is 12.4 Å². The summed E-state index contributed by atoms with van der Waals surface area (Å²) >= 11 is 0. The number of nitrogens with one attached hydrogen (secondary N) is 2. The number of pyridine rings is 1. The van der Waals surface area contributed by atoms with Gasteiger partial charge in [0, 0.05) is 25.0 Å². The Kier molecular flexibility index (Phi) is 2.94. The normalized spacial score (nSPS) is 18.8. The van der Waals surface area contributed by atoms with Crippen LogP contribution in [0.1, 0.15) is 36.2 Å². The molecule has 1 aromatic heterocycles. The summed E-state index contributed by atoms with van der Waals surface area (Å²) in [6.45, 7) is 0. The molecule has 2 aliphatic carbocycles. The van der Waals surface area contributed by atoms with Crippen molar-refractivity contribution in [3.05, 3.63) is 24.0 Å². The van der Waals surface area contributed by atoms with Crippen LogP contribution in [0.5, 0.6) is 0 Å². The standard InChI is InChI=1S/C14H19N3O/c1-15-14(18)12-8-11(6-7-16-12)17-13(9-2-3-9)10-4-5-10/h6-10,13H,2-5H2,1H3,(H,15,18)(H,16,17). The molecule has 1 heterocycles. The molecule has 0 aromatic carbocycles. The lowest BCUT2D eigenvalue weighted by Gasteiger charge is -2.19. The first-order valence-corrected chi connectivity index (χ1v) is 6.72. The Bertz CT molecular complexity index is 440. The number of rotatable bonds is 5. The predicted octanol–water partition coefficient (Wildman–Crippen LogP) is 2.04. The third-order valence-electron chi connectivity index (χ3n) is 3.81. The maximum Gasteiger partial charge on any atom is 0.269 e. The van der Waals surface area contributed by atoms with Gasteiger partial charge >= 0.3 is 0 Å². The molecular weight excluding hydrogens is 226 g/mol. The Labute approximate surface area is 107 Å². The first-order chi connectivity index (χ1) is 8.78. The third-order valence-corrected chi connectivity index (χ3v) is 3.81. The smallest absolute Gasteiger partial charge is 0.269 e. The fourth-order valence-corrected chi connectivity index (χ4v) is 2.50. The van der Waals surface area contributed by atoms with E-state index in [1.54, 1.807) is 13.2 Å². The Balaban J connectivity index is 1.72. The molecule has 4 heteroatoms. The molecule has 0 saturated heterocycles. The molecule has 0 spiro atoms. The lowest BCUT2D eigenvalue weighted by molar-refractivity contribution is 0.0958. The zero-order valence-electron chi connectivity index (χ0n) is 10.6. The second kappa shape index (κ2) is 4.59. The fourth-order valence-electron chi connectivity index (χ4n) is 2.50. The van der Waals surface area contributed by atoms with Crippen molar-refractivity contribution in [3.63, 3.8) is 0 Å². The SMILES string of the molecule is CNC(=O)c1cc(NC(C2CC2)C2CC2)ccn1. The van der Waals surface area contributed by atoms with E-state index in [9.17, 15) is 4.79 Å². The summed E-state index contributed by atoms with van der Waals surface area (Å²) in [5.41, 5.74) is 1.50. The molecule has 0 aliphatic heterocycles. The molecule has 0 radical (unpaired) electrons. The van der Waals surface area contributed by atoms with Crippen molar-refractivity contribution < 1.29 is 4.79 Å². The van der Waals surface area contributed by atoms with E-state index in [0.717, 1.165) is 17.5 Å². The number of carbonyl (C=O) groups is 1. The first kappa shape index (κ1) is 11.5. The number of aromatic nitrogens is 1. The lowest BCUT2D eigenvalue weighted by atomic mass is 10.1. The van der Waals surface area contributed by atoms with Gasteiger partial charge in [-0.15, -0.1) is 0 Å². The van der Waals surface area contributed by atoms with E-state index >= 15 is 0 Å². The monoisotopic (exact) mass is 245 g/mol. The van der Waals surface area contributed by atoms with E-state index in [0.29, 0.717) is 11.7 Å². The molecule has 96 valence electrons. The molecule has 18 heavy (non-hydrogen) atoms. The van der Waals surface area contributed by atoms with Gasteiger partial charge in [0.15, 0.2) is 0 Å². The predicted molar refractivity (Wildman–Crippen MR) is 70.5 cm³/mol. The van der Waals surface area contributed by atoms with Gasteiger partial charge < -0.3 is 10.6 Å². The van der Waals surface area contributed by atoms with Crippen molar-refractivity contribution in [3.8, 4) is 0 Å². The maximum absolute atomic E-state index is 11.5. The van der Waals surface area contributed by atoms with Gasteiger partial charge in [-0.2, -0.15) is 0 Å². The third kappa shape index (κ3) is 2.47. The van der Waals surface area contributed by atoms with Crippen LogP contribution < -0.4 is 10.6 Å². The second-order valence-corrected chi connectivity index (χ2v) is 5.35. The van der Waals surface area contributed by atoms with Crippen LogP contribution in [0.15, 0.2) is 18.3 Å². The molecule has 2 saturated carbocycles. The summed E-state index contributed by atoms with van der Waals surface area (Å²) in [7, 11) is 1.63. The van der Waals surface area contributed by atoms with Gasteiger partial charge in [-0.1, -0.05) is 0 Å². The Morgan fingerprint density at radius 2 is 2.00 bits per heavy atom. The highest BCUT2D eigenvalue weighted by molar-refractivity contribution is 5.92. The van der Waals surface area contributed by atoms with Gasteiger partial charge in [0.05, 0.1) is 0 Å². The number of anilines is 1. The first-order valence-electron chi connectivity index (χ1n) is 6.72. The second-order valence-electron chi connectivity index (χ2n) is 5.35. The molecule has 2 fully saturated rings. The summed E-state index contributed by atoms with van der Waals surface area (Å²) in [4.78, 5) is 15.6. The minimum Gasteiger partial charge on any atom is -0.382 e. The topological polar surface area (TPSA) is 54.0 Å². The van der Waals surface area contributed by atoms with Gasteiger partial charge in [0.2, 0.25) is 0 Å². The van der Waals surface area contributed by atoms with Crippen molar-refractivity contribution in [2.45, 2.75) is 31.7 Å². The van der Waals surface area contributed by atoms with E-state index in [1.807, 2.05) is 12.1 Å². The molecule has 0 atom stereocenters. The van der Waals surface area contributed by atoms with Crippen molar-refractivity contribution in [1.82, 2.24) is 10.3 Å². The van der Waals surface area contributed by atoms with Gasteiger partial charge in [0.1, 0.15) is 5.69 Å². The van der Waals surface area contributed by atoms with E-state index in [-0.39, 0.29) is 5.91 Å². The molecule has 0 unspecified atom stereocenters. The molecular formula is C14H19N3O. The van der Waals surface area contributed by atoms with Crippen LogP contribution in [0.25, 0.3) is 0 Å². The zero-order valence-corrected chi connectivity index (χ0v) is 10.6. The summed E-state index contributed by atoms with van der Waals surface area (Å²) in [6.07, 6.45) is 7.09. The minimum absolute atomic E-state index is 0.131. The van der Waals surface area contributed by atoms with E-state index in [2.05, 4.69) is 15.6 Å². The van der Waals surface area contributed by atoms with Crippen LogP contribution in [0.4, 0.5) is 5.69 Å². The number of hydrogen-bond acceptors (Lipinski definition) is 3. The Hall–Kier alpha value is -1.58. The number of nitrogens with zero attached hydrogens (tertiary/aromatic N) is 1. The quantitative estimate of drug-likeness (QED) is 0.834. The average Bonchev–Trinajstić information content (AvgIpc) is 3.28. The summed E-state index contributed by atoms with van der Waals surface area (Å²) < 4.78 is 0. The number of hydrogen-bond donors (Lipinski definition) is 2. The molecule has 1 aromatic rings. The van der Waals surface area contributed by atoms with Crippen LogP contribution in [-0.4, -0.2) is 24.0 Å². The van der Waals surface area contributed by atoms with E-state index in [4.69, 9.17) is 0 Å². The van der Waals surface area contributed by atoms with Crippen LogP contribution in [0.3, 0.4) is 0 Å². The van der Waals surface area contributed by atoms with Crippen LogP contribution in [0, 0.1) is 11.8 Å². The summed E-state index contributed by atoms with van der Waals surface area (Å²) in [5.74, 6) is 1.55. The van der Waals surface area contributed by atoms with Crippen LogP contribution >= 0.6 is 0 Å². The van der Waals surface area contributed by atoms with E-state index in [1.165, 1.54) is 25.7 Å². The van der Waals surface area contributed by atoms with Crippen LogP contribution in [0.2, 0.25) is 0 Å². The molecule has 2 aliphatic rings. The average molecular weight is 245 g/mol. The van der Waals surface area contributed by atoms with Gasteiger partial charge in [-0.25, -0.2) is 0 Å². The maximum atomic E-state index is 11.5. The largest absolute Gasteiger partial charge is 0.382 e. The van der Waals surface area contributed by atoms with Crippen molar-refractivity contribution >= 4 is 11.6 Å². The molecule has 2 N–H and O–H groups in total. The Morgan fingerprint density at radius 1 is 1.33 bits per heavy atom. The summed E-state index contributed by atoms with van der Waals surface area (Å²) in [5, 5.41) is 6.21. The van der Waals surface area contributed by atoms with E-state index < -0.39 is 0 Å².